The first-order valence-electron chi connectivity index (χ1n) is 4.47. The maximum absolute atomic E-state index is 11.7. The van der Waals surface area contributed by atoms with Crippen LogP contribution in [-0.2, 0) is 0 Å². The van der Waals surface area contributed by atoms with E-state index in [4.69, 9.17) is 4.52 Å². The van der Waals surface area contributed by atoms with Gasteiger partial charge < -0.3 is 9.84 Å². The van der Waals surface area contributed by atoms with E-state index in [-0.39, 0.29) is 11.4 Å². The lowest BCUT2D eigenvalue weighted by molar-refractivity contribution is 0.0935. The minimum Gasteiger partial charge on any atom is -0.361 e. The fraction of sp³-hybridized carbons (Fsp3) is 0.556. The van der Waals surface area contributed by atoms with Crippen LogP contribution in [0, 0.1) is 6.92 Å². The van der Waals surface area contributed by atoms with Gasteiger partial charge in [0.15, 0.2) is 0 Å². The topological polar surface area (TPSA) is 55.1 Å². The van der Waals surface area contributed by atoms with Gasteiger partial charge in [-0.1, -0.05) is 21.1 Å². The van der Waals surface area contributed by atoms with Gasteiger partial charge in [-0.15, -0.1) is 0 Å². The van der Waals surface area contributed by atoms with Crippen molar-refractivity contribution in [3.63, 3.8) is 0 Å². The first-order valence-corrected chi connectivity index (χ1v) is 5.59. The summed E-state index contributed by atoms with van der Waals surface area (Å²) >= 11 is 3.39. The zero-order valence-corrected chi connectivity index (χ0v) is 9.43. The predicted octanol–water partition coefficient (Wildman–Crippen LogP) is 1.64. The van der Waals surface area contributed by atoms with Crippen LogP contribution >= 0.6 is 15.9 Å². The van der Waals surface area contributed by atoms with Crippen LogP contribution in [0.15, 0.2) is 10.7 Å². The number of alkyl halides is 1. The molecule has 0 aromatic carbocycles. The average Bonchev–Trinajstić information content (AvgIpc) is 2.80. The van der Waals surface area contributed by atoms with E-state index >= 15 is 0 Å². The Morgan fingerprint density at radius 2 is 2.50 bits per heavy atom. The summed E-state index contributed by atoms with van der Waals surface area (Å²) in [6.45, 7) is 1.73. The summed E-state index contributed by atoms with van der Waals surface area (Å²) in [4.78, 5) is 11.7. The monoisotopic (exact) mass is 258 g/mol. The van der Waals surface area contributed by atoms with Crippen LogP contribution in [-0.4, -0.2) is 21.9 Å². The van der Waals surface area contributed by atoms with Crippen molar-refractivity contribution >= 4 is 21.8 Å². The van der Waals surface area contributed by atoms with E-state index in [1.807, 2.05) is 0 Å². The van der Waals surface area contributed by atoms with Crippen molar-refractivity contribution in [3.8, 4) is 0 Å². The molecule has 1 N–H and O–H groups in total. The highest BCUT2D eigenvalue weighted by Crippen LogP contribution is 2.37. The Labute approximate surface area is 90.2 Å². The molecule has 1 amide bonds. The molecule has 0 spiro atoms. The van der Waals surface area contributed by atoms with Gasteiger partial charge in [-0.3, -0.25) is 4.79 Å². The van der Waals surface area contributed by atoms with Crippen molar-refractivity contribution in [2.45, 2.75) is 25.3 Å². The molecule has 76 valence electrons. The lowest BCUT2D eigenvalue weighted by Crippen LogP contribution is -2.38. The van der Waals surface area contributed by atoms with Crippen molar-refractivity contribution in [2.75, 3.05) is 5.33 Å². The third-order valence-corrected chi connectivity index (χ3v) is 3.56. The highest BCUT2D eigenvalue weighted by molar-refractivity contribution is 9.09. The fourth-order valence-corrected chi connectivity index (χ4v) is 1.97. The van der Waals surface area contributed by atoms with Crippen LogP contribution in [0.25, 0.3) is 0 Å². The molecule has 2 rings (SSSR count). The first kappa shape index (κ1) is 9.71. The van der Waals surface area contributed by atoms with E-state index in [1.54, 1.807) is 6.92 Å². The van der Waals surface area contributed by atoms with Crippen LogP contribution in [0.2, 0.25) is 0 Å². The van der Waals surface area contributed by atoms with E-state index in [1.165, 1.54) is 6.20 Å². The number of hydrogen-bond donors (Lipinski definition) is 1. The van der Waals surface area contributed by atoms with E-state index in [0.29, 0.717) is 11.3 Å². The molecule has 0 radical (unpaired) electrons. The number of halogens is 1. The highest BCUT2D eigenvalue weighted by Gasteiger charge is 2.43. The summed E-state index contributed by atoms with van der Waals surface area (Å²) in [6, 6.07) is 0. The lowest BCUT2D eigenvalue weighted by Gasteiger charge is -2.12. The summed E-state index contributed by atoms with van der Waals surface area (Å²) in [5, 5.41) is 7.35. The quantitative estimate of drug-likeness (QED) is 0.839. The second kappa shape index (κ2) is 3.38. The van der Waals surface area contributed by atoms with E-state index in [0.717, 1.165) is 18.2 Å². The average molecular weight is 259 g/mol. The summed E-state index contributed by atoms with van der Waals surface area (Å²) in [7, 11) is 0. The minimum atomic E-state index is -0.0966. The van der Waals surface area contributed by atoms with Crippen LogP contribution in [0.1, 0.15) is 29.0 Å². The van der Waals surface area contributed by atoms with Crippen molar-refractivity contribution in [2.24, 2.45) is 0 Å². The van der Waals surface area contributed by atoms with Gasteiger partial charge in [0.05, 0.1) is 11.7 Å². The third kappa shape index (κ3) is 1.68. The molecule has 0 unspecified atom stereocenters. The highest BCUT2D eigenvalue weighted by atomic mass is 79.9. The smallest absolute Gasteiger partial charge is 0.256 e. The maximum atomic E-state index is 11.7. The van der Waals surface area contributed by atoms with Crippen molar-refractivity contribution in [3.05, 3.63) is 17.5 Å². The first-order chi connectivity index (χ1) is 6.67. The van der Waals surface area contributed by atoms with Crippen molar-refractivity contribution in [1.29, 1.82) is 0 Å². The minimum absolute atomic E-state index is 0.0270. The van der Waals surface area contributed by atoms with Crippen molar-refractivity contribution < 1.29 is 9.32 Å². The molecule has 1 fully saturated rings. The zero-order chi connectivity index (χ0) is 10.2. The summed E-state index contributed by atoms with van der Waals surface area (Å²) < 4.78 is 4.83. The van der Waals surface area contributed by atoms with Gasteiger partial charge in [0.25, 0.3) is 5.91 Å². The van der Waals surface area contributed by atoms with Crippen LogP contribution < -0.4 is 5.32 Å². The molecular formula is C9H11BrN2O2. The second-order valence-electron chi connectivity index (χ2n) is 3.66. The molecule has 0 saturated heterocycles. The molecule has 1 aromatic rings. The molecule has 4 nitrogen and oxygen atoms in total. The van der Waals surface area contributed by atoms with E-state index in [9.17, 15) is 4.79 Å². The molecule has 1 aliphatic carbocycles. The normalized spacial score (nSPS) is 17.9. The van der Waals surface area contributed by atoms with Gasteiger partial charge >= 0.3 is 0 Å². The number of nitrogens with zero attached hydrogens (tertiary/aromatic N) is 1. The van der Waals surface area contributed by atoms with Gasteiger partial charge in [-0.25, -0.2) is 0 Å². The van der Waals surface area contributed by atoms with Crippen molar-refractivity contribution in [1.82, 2.24) is 10.5 Å². The van der Waals surface area contributed by atoms with Gasteiger partial charge in [-0.2, -0.15) is 0 Å². The Hall–Kier alpha value is -0.840. The van der Waals surface area contributed by atoms with Gasteiger partial charge in [0, 0.05) is 5.33 Å². The molecule has 5 heteroatoms. The number of aromatic nitrogens is 1. The number of carbonyl (C=O) groups excluding carboxylic acids is 1. The molecule has 1 aromatic heterocycles. The zero-order valence-electron chi connectivity index (χ0n) is 7.84. The maximum Gasteiger partial charge on any atom is 0.256 e. The molecule has 0 atom stereocenters. The standard InChI is InChI=1S/C9H11BrN2O2/c1-6-7(4-11-14-6)8(13)12-9(5-10)2-3-9/h4H,2-3,5H2,1H3,(H,12,13). The Morgan fingerprint density at radius 1 is 1.79 bits per heavy atom. The Kier molecular flexibility index (Phi) is 2.34. The number of amides is 1. The molecule has 0 aliphatic heterocycles. The summed E-state index contributed by atoms with van der Waals surface area (Å²) in [6.07, 6.45) is 3.53. The lowest BCUT2D eigenvalue weighted by atomic mass is 10.2. The summed E-state index contributed by atoms with van der Waals surface area (Å²) in [5.41, 5.74) is 0.498. The van der Waals surface area contributed by atoms with Crippen LogP contribution in [0.3, 0.4) is 0 Å². The number of hydrogen-bond acceptors (Lipinski definition) is 3. The van der Waals surface area contributed by atoms with Gasteiger partial charge in [0.2, 0.25) is 0 Å². The molecule has 1 aliphatic rings. The van der Waals surface area contributed by atoms with Crippen LogP contribution in [0.5, 0.6) is 0 Å². The number of aryl methyl sites for hydroxylation is 1. The molecule has 14 heavy (non-hydrogen) atoms. The molecule has 1 heterocycles. The fourth-order valence-electron chi connectivity index (χ4n) is 1.27. The Morgan fingerprint density at radius 3 is 2.93 bits per heavy atom. The SMILES string of the molecule is Cc1oncc1C(=O)NC1(CBr)CC1. The number of nitrogens with one attached hydrogen (secondary N) is 1. The van der Waals surface area contributed by atoms with E-state index < -0.39 is 0 Å². The number of rotatable bonds is 3. The Bertz CT molecular complexity index is 357. The molecular weight excluding hydrogens is 248 g/mol. The van der Waals surface area contributed by atoms with E-state index in [2.05, 4.69) is 26.4 Å². The summed E-state index contributed by atoms with van der Waals surface area (Å²) in [5.74, 6) is 0.466. The number of carbonyl (C=O) groups is 1. The molecule has 1 saturated carbocycles. The van der Waals surface area contributed by atoms with Gasteiger partial charge in [0.1, 0.15) is 11.3 Å². The molecule has 0 bridgehead atoms. The van der Waals surface area contributed by atoms with Gasteiger partial charge in [-0.05, 0) is 19.8 Å². The van der Waals surface area contributed by atoms with Crippen LogP contribution in [0.4, 0.5) is 0 Å². The second-order valence-corrected chi connectivity index (χ2v) is 4.22. The largest absolute Gasteiger partial charge is 0.361 e. The third-order valence-electron chi connectivity index (χ3n) is 2.48. The predicted molar refractivity (Wildman–Crippen MR) is 54.5 cm³/mol. The Balaban J connectivity index is 2.07.